The lowest BCUT2D eigenvalue weighted by molar-refractivity contribution is 0.0948. The molecule has 3 heterocycles. The van der Waals surface area contributed by atoms with Crippen molar-refractivity contribution in [1.29, 1.82) is 0 Å². The van der Waals surface area contributed by atoms with Crippen molar-refractivity contribution < 1.29 is 13.6 Å². The van der Waals surface area contributed by atoms with Crippen LogP contribution in [0.4, 0.5) is 4.39 Å². The Hall–Kier alpha value is -4.20. The number of benzene rings is 2. The molecule has 8 heteroatoms. The summed E-state index contributed by atoms with van der Waals surface area (Å²) in [6.45, 7) is 2.24. The highest BCUT2D eigenvalue weighted by Gasteiger charge is 2.15. The average molecular weight is 430 g/mol. The number of hydrogen-bond donors (Lipinski definition) is 1. The maximum absolute atomic E-state index is 13.7. The van der Waals surface area contributed by atoms with Gasteiger partial charge in [0, 0.05) is 5.56 Å². The van der Waals surface area contributed by atoms with Gasteiger partial charge in [0.05, 0.1) is 30.3 Å². The zero-order valence-corrected chi connectivity index (χ0v) is 17.2. The van der Waals surface area contributed by atoms with Gasteiger partial charge in [-0.25, -0.2) is 8.91 Å². The van der Waals surface area contributed by atoms with E-state index in [0.717, 1.165) is 5.76 Å². The second-order valence-electron chi connectivity index (χ2n) is 7.55. The number of carbonyl (C=O) groups is 1. The molecule has 1 N–H and O–H groups in total. The van der Waals surface area contributed by atoms with Crippen molar-refractivity contribution >= 4 is 22.5 Å². The van der Waals surface area contributed by atoms with E-state index in [-0.39, 0.29) is 30.4 Å². The lowest BCUT2D eigenvalue weighted by atomic mass is 10.1. The first-order chi connectivity index (χ1) is 15.5. The normalized spacial score (nSPS) is 11.3. The minimum atomic E-state index is -0.376. The van der Waals surface area contributed by atoms with Gasteiger partial charge in [-0.1, -0.05) is 12.1 Å². The molecule has 5 aromatic rings. The second-order valence-corrected chi connectivity index (χ2v) is 7.55. The monoisotopic (exact) mass is 430 g/mol. The Morgan fingerprint density at radius 1 is 1.06 bits per heavy atom. The van der Waals surface area contributed by atoms with Crippen LogP contribution in [0.1, 0.15) is 27.4 Å². The Morgan fingerprint density at radius 3 is 2.72 bits per heavy atom. The van der Waals surface area contributed by atoms with Crippen LogP contribution in [0.2, 0.25) is 0 Å². The van der Waals surface area contributed by atoms with Crippen LogP contribution in [0.15, 0.2) is 76.1 Å². The van der Waals surface area contributed by atoms with Gasteiger partial charge in [-0.3, -0.25) is 9.59 Å². The van der Waals surface area contributed by atoms with Gasteiger partial charge in [0.1, 0.15) is 22.9 Å². The lowest BCUT2D eigenvalue weighted by Crippen LogP contribution is -2.25. The fourth-order valence-corrected chi connectivity index (χ4v) is 3.79. The van der Waals surface area contributed by atoms with Crippen LogP contribution in [0.25, 0.3) is 16.6 Å². The van der Waals surface area contributed by atoms with Crippen molar-refractivity contribution in [3.05, 3.63) is 106 Å². The Labute approximate surface area is 181 Å². The summed E-state index contributed by atoms with van der Waals surface area (Å²) in [6, 6.07) is 16.5. The third-order valence-electron chi connectivity index (χ3n) is 5.31. The molecule has 0 aliphatic heterocycles. The third kappa shape index (κ3) is 3.56. The molecule has 32 heavy (non-hydrogen) atoms. The topological polar surface area (TPSA) is 81.5 Å². The van der Waals surface area contributed by atoms with E-state index in [0.29, 0.717) is 33.4 Å². The van der Waals surface area contributed by atoms with Crippen molar-refractivity contribution in [2.24, 2.45) is 0 Å². The largest absolute Gasteiger partial charge is 0.465 e. The lowest BCUT2D eigenvalue weighted by Gasteiger charge is -2.13. The number of furan rings is 1. The number of nitrogens with one attached hydrogen (secondary N) is 1. The Bertz CT molecular complexity index is 1530. The third-order valence-corrected chi connectivity index (χ3v) is 5.31. The van der Waals surface area contributed by atoms with Crippen molar-refractivity contribution in [3.8, 4) is 0 Å². The summed E-state index contributed by atoms with van der Waals surface area (Å²) in [5.41, 5.74) is 2.35. The van der Waals surface area contributed by atoms with E-state index in [4.69, 9.17) is 4.42 Å². The molecular formula is C24H19FN4O3. The van der Waals surface area contributed by atoms with E-state index >= 15 is 0 Å². The van der Waals surface area contributed by atoms with E-state index in [9.17, 15) is 14.0 Å². The predicted molar refractivity (Wildman–Crippen MR) is 117 cm³/mol. The van der Waals surface area contributed by atoms with Crippen molar-refractivity contribution in [2.75, 3.05) is 0 Å². The molecule has 0 unspecified atom stereocenters. The molecule has 0 aliphatic carbocycles. The van der Waals surface area contributed by atoms with Crippen LogP contribution in [0.5, 0.6) is 0 Å². The number of rotatable bonds is 5. The summed E-state index contributed by atoms with van der Waals surface area (Å²) in [5.74, 6) is 0.743. The van der Waals surface area contributed by atoms with Crippen LogP contribution < -0.4 is 10.9 Å². The molecule has 0 spiro atoms. The standard InChI is InChI=1S/C24H19FN4O3/c1-15-5-7-19(32-15)13-26-23(30)17-6-8-20-22(12-17)28(14-16-3-2-4-18(25)11-16)24(31)21-9-10-27-29(20)21/h2-12H,13-14H2,1H3,(H,26,30). The highest BCUT2D eigenvalue weighted by atomic mass is 19.1. The average Bonchev–Trinajstić information content (AvgIpc) is 3.44. The Balaban J connectivity index is 1.58. The first-order valence-electron chi connectivity index (χ1n) is 10.1. The molecule has 2 aromatic carbocycles. The minimum Gasteiger partial charge on any atom is -0.465 e. The highest BCUT2D eigenvalue weighted by Crippen LogP contribution is 2.18. The predicted octanol–water partition coefficient (Wildman–Crippen LogP) is 3.67. The SMILES string of the molecule is Cc1ccc(CNC(=O)c2ccc3c(c2)n(Cc2cccc(F)c2)c(=O)c2ccnn23)o1. The Kier molecular flexibility index (Phi) is 4.82. The smallest absolute Gasteiger partial charge is 0.277 e. The summed E-state index contributed by atoms with van der Waals surface area (Å²) in [5, 5.41) is 7.08. The van der Waals surface area contributed by atoms with Gasteiger partial charge in [0.25, 0.3) is 11.5 Å². The van der Waals surface area contributed by atoms with Gasteiger partial charge in [-0.05, 0) is 61.0 Å². The van der Waals surface area contributed by atoms with Gasteiger partial charge >= 0.3 is 0 Å². The van der Waals surface area contributed by atoms with Gasteiger partial charge in [-0.2, -0.15) is 5.10 Å². The molecule has 3 aromatic heterocycles. The molecule has 0 aliphatic rings. The van der Waals surface area contributed by atoms with E-state index in [1.54, 1.807) is 53.2 Å². The molecule has 0 saturated carbocycles. The molecule has 5 rings (SSSR count). The zero-order chi connectivity index (χ0) is 22.2. The Morgan fingerprint density at radius 2 is 1.94 bits per heavy atom. The van der Waals surface area contributed by atoms with Crippen LogP contribution in [0.3, 0.4) is 0 Å². The number of halogens is 1. The number of aromatic nitrogens is 3. The summed E-state index contributed by atoms with van der Waals surface area (Å²) >= 11 is 0. The van der Waals surface area contributed by atoms with Crippen LogP contribution in [-0.4, -0.2) is 20.1 Å². The van der Waals surface area contributed by atoms with E-state index in [2.05, 4.69) is 10.4 Å². The van der Waals surface area contributed by atoms with Crippen molar-refractivity contribution in [3.63, 3.8) is 0 Å². The fraction of sp³-hybridized carbons (Fsp3) is 0.125. The number of fused-ring (bicyclic) bond motifs is 3. The number of aryl methyl sites for hydroxylation is 1. The molecular weight excluding hydrogens is 411 g/mol. The maximum Gasteiger partial charge on any atom is 0.277 e. The summed E-state index contributed by atoms with van der Waals surface area (Å²) < 4.78 is 22.3. The van der Waals surface area contributed by atoms with Crippen molar-refractivity contribution in [1.82, 2.24) is 19.5 Å². The summed E-state index contributed by atoms with van der Waals surface area (Å²) in [4.78, 5) is 26.0. The number of amides is 1. The van der Waals surface area contributed by atoms with Gasteiger partial charge in [0.15, 0.2) is 0 Å². The summed E-state index contributed by atoms with van der Waals surface area (Å²) in [6.07, 6.45) is 1.55. The van der Waals surface area contributed by atoms with Gasteiger partial charge in [0.2, 0.25) is 0 Å². The van der Waals surface area contributed by atoms with Crippen LogP contribution in [-0.2, 0) is 13.1 Å². The molecule has 0 bridgehead atoms. The molecule has 0 atom stereocenters. The molecule has 160 valence electrons. The quantitative estimate of drug-likeness (QED) is 0.461. The summed E-state index contributed by atoms with van der Waals surface area (Å²) in [7, 11) is 0. The van der Waals surface area contributed by atoms with Crippen LogP contribution >= 0.6 is 0 Å². The molecule has 0 fully saturated rings. The van der Waals surface area contributed by atoms with Gasteiger partial charge in [-0.15, -0.1) is 0 Å². The van der Waals surface area contributed by atoms with Gasteiger partial charge < -0.3 is 14.3 Å². The molecule has 0 saturated heterocycles. The maximum atomic E-state index is 13.7. The van der Waals surface area contributed by atoms with E-state index in [1.807, 2.05) is 13.0 Å². The number of hydrogen-bond acceptors (Lipinski definition) is 4. The zero-order valence-electron chi connectivity index (χ0n) is 17.2. The van der Waals surface area contributed by atoms with Crippen molar-refractivity contribution in [2.45, 2.75) is 20.0 Å². The first kappa shape index (κ1) is 19.7. The first-order valence-corrected chi connectivity index (χ1v) is 10.1. The number of nitrogens with zero attached hydrogens (tertiary/aromatic N) is 3. The minimum absolute atomic E-state index is 0.158. The van der Waals surface area contributed by atoms with E-state index in [1.165, 1.54) is 16.7 Å². The fourth-order valence-electron chi connectivity index (χ4n) is 3.79. The second kappa shape index (κ2) is 7.81. The molecule has 7 nitrogen and oxygen atoms in total. The highest BCUT2D eigenvalue weighted by molar-refractivity contribution is 5.97. The molecule has 1 amide bonds. The van der Waals surface area contributed by atoms with E-state index < -0.39 is 0 Å². The molecule has 0 radical (unpaired) electrons. The van der Waals surface area contributed by atoms with Crippen LogP contribution in [0, 0.1) is 12.7 Å². The number of carbonyl (C=O) groups excluding carboxylic acids is 1.